The number of halogens is 1. The summed E-state index contributed by atoms with van der Waals surface area (Å²) in [6.45, 7) is 0.249. The highest BCUT2D eigenvalue weighted by Crippen LogP contribution is 2.31. The van der Waals surface area contributed by atoms with E-state index in [0.717, 1.165) is 25.0 Å². The van der Waals surface area contributed by atoms with Gasteiger partial charge in [-0.15, -0.1) is 0 Å². The monoisotopic (exact) mass is 254 g/mol. The summed E-state index contributed by atoms with van der Waals surface area (Å²) < 4.78 is 12.9. The van der Waals surface area contributed by atoms with Crippen LogP contribution in [0, 0.1) is 15.9 Å². The third kappa shape index (κ3) is 2.76. The number of benzene rings is 1. The van der Waals surface area contributed by atoms with Crippen LogP contribution in [0.5, 0.6) is 0 Å². The second-order valence-corrected chi connectivity index (χ2v) is 4.70. The summed E-state index contributed by atoms with van der Waals surface area (Å²) in [5.41, 5.74) is -0.874. The van der Waals surface area contributed by atoms with Crippen LogP contribution in [0.2, 0.25) is 0 Å². The first kappa shape index (κ1) is 12.8. The summed E-state index contributed by atoms with van der Waals surface area (Å²) in [5.74, 6) is -0.646. The first-order valence-corrected chi connectivity index (χ1v) is 5.90. The van der Waals surface area contributed by atoms with Gasteiger partial charge in [0.15, 0.2) is 0 Å². The fourth-order valence-electron chi connectivity index (χ4n) is 2.27. The summed E-state index contributed by atoms with van der Waals surface area (Å²) in [5, 5.41) is 23.8. The molecule has 1 aliphatic carbocycles. The zero-order chi connectivity index (χ0) is 13.2. The minimum absolute atomic E-state index is 0.238. The second-order valence-electron chi connectivity index (χ2n) is 4.70. The highest BCUT2D eigenvalue weighted by atomic mass is 19.1. The average Bonchev–Trinajstić information content (AvgIpc) is 2.75. The van der Waals surface area contributed by atoms with Gasteiger partial charge in [0.05, 0.1) is 16.6 Å². The summed E-state index contributed by atoms with van der Waals surface area (Å²) in [7, 11) is 0. The van der Waals surface area contributed by atoms with Crippen molar-refractivity contribution in [3.05, 3.63) is 34.1 Å². The topological polar surface area (TPSA) is 75.4 Å². The van der Waals surface area contributed by atoms with Gasteiger partial charge in [-0.25, -0.2) is 4.39 Å². The fraction of sp³-hybridized carbons (Fsp3) is 0.500. The van der Waals surface area contributed by atoms with Crippen molar-refractivity contribution in [2.75, 3.05) is 11.9 Å². The maximum absolute atomic E-state index is 12.9. The molecule has 0 spiro atoms. The zero-order valence-electron chi connectivity index (χ0n) is 9.86. The van der Waals surface area contributed by atoms with Gasteiger partial charge in [-0.1, -0.05) is 12.8 Å². The Labute approximate surface area is 104 Å². The second kappa shape index (κ2) is 4.89. The first-order chi connectivity index (χ1) is 8.50. The quantitative estimate of drug-likeness (QED) is 0.639. The number of nitrogens with one attached hydrogen (secondary N) is 1. The van der Waals surface area contributed by atoms with Crippen LogP contribution < -0.4 is 5.32 Å². The van der Waals surface area contributed by atoms with Crippen molar-refractivity contribution in [3.63, 3.8) is 0 Å². The SMILES string of the molecule is O=[N+]([O-])c1cc(F)ccc1NCC1(O)CCCC1. The smallest absolute Gasteiger partial charge is 0.295 e. The van der Waals surface area contributed by atoms with Gasteiger partial charge in [0.25, 0.3) is 5.69 Å². The molecule has 1 aromatic rings. The molecule has 2 N–H and O–H groups in total. The molecule has 5 nitrogen and oxygen atoms in total. The fourth-order valence-corrected chi connectivity index (χ4v) is 2.27. The van der Waals surface area contributed by atoms with E-state index in [9.17, 15) is 19.6 Å². The molecule has 0 aromatic heterocycles. The molecule has 1 fully saturated rings. The average molecular weight is 254 g/mol. The molecule has 98 valence electrons. The molecule has 2 rings (SSSR count). The van der Waals surface area contributed by atoms with Gasteiger partial charge in [0, 0.05) is 6.54 Å². The van der Waals surface area contributed by atoms with E-state index in [1.807, 2.05) is 0 Å². The van der Waals surface area contributed by atoms with Crippen molar-refractivity contribution in [3.8, 4) is 0 Å². The molecule has 0 aliphatic heterocycles. The Hall–Kier alpha value is -1.69. The highest BCUT2D eigenvalue weighted by molar-refractivity contribution is 5.61. The van der Waals surface area contributed by atoms with Crippen molar-refractivity contribution >= 4 is 11.4 Å². The van der Waals surface area contributed by atoms with E-state index in [1.54, 1.807) is 0 Å². The summed E-state index contributed by atoms with van der Waals surface area (Å²) >= 11 is 0. The van der Waals surface area contributed by atoms with Crippen LogP contribution in [0.3, 0.4) is 0 Å². The molecule has 0 saturated heterocycles. The Morgan fingerprint density at radius 3 is 2.72 bits per heavy atom. The van der Waals surface area contributed by atoms with Crippen LogP contribution >= 0.6 is 0 Å². The van der Waals surface area contributed by atoms with E-state index in [2.05, 4.69) is 5.32 Å². The van der Waals surface area contributed by atoms with Gasteiger partial charge in [-0.3, -0.25) is 10.1 Å². The van der Waals surface area contributed by atoms with Gasteiger partial charge in [0.2, 0.25) is 0 Å². The van der Waals surface area contributed by atoms with Crippen LogP contribution in [0.1, 0.15) is 25.7 Å². The maximum Gasteiger partial charge on any atom is 0.295 e. The van der Waals surface area contributed by atoms with Crippen molar-refractivity contribution < 1.29 is 14.4 Å². The number of anilines is 1. The number of hydrogen-bond acceptors (Lipinski definition) is 4. The molecule has 0 atom stereocenters. The van der Waals surface area contributed by atoms with Gasteiger partial charge >= 0.3 is 0 Å². The van der Waals surface area contributed by atoms with Crippen molar-refractivity contribution in [1.82, 2.24) is 0 Å². The summed E-state index contributed by atoms with van der Waals surface area (Å²) in [6, 6.07) is 3.36. The zero-order valence-corrected chi connectivity index (χ0v) is 9.86. The predicted octanol–water partition coefficient (Wildman–Crippen LogP) is 2.45. The normalized spacial score (nSPS) is 17.7. The van der Waals surface area contributed by atoms with E-state index < -0.39 is 16.3 Å². The third-order valence-corrected chi connectivity index (χ3v) is 3.30. The van der Waals surface area contributed by atoms with Crippen molar-refractivity contribution in [2.45, 2.75) is 31.3 Å². The van der Waals surface area contributed by atoms with E-state index >= 15 is 0 Å². The molecule has 6 heteroatoms. The van der Waals surface area contributed by atoms with Gasteiger partial charge in [-0.2, -0.15) is 0 Å². The van der Waals surface area contributed by atoms with Crippen molar-refractivity contribution in [1.29, 1.82) is 0 Å². The standard InChI is InChI=1S/C12H15FN2O3/c13-9-3-4-10(11(7-9)15(17)18)14-8-12(16)5-1-2-6-12/h3-4,7,14,16H,1-2,5-6,8H2. The Balaban J connectivity index is 2.11. The largest absolute Gasteiger partial charge is 0.388 e. The van der Waals surface area contributed by atoms with Gasteiger partial charge < -0.3 is 10.4 Å². The molecule has 1 aliphatic rings. The van der Waals surface area contributed by atoms with Crippen LogP contribution in [-0.2, 0) is 0 Å². The number of hydrogen-bond donors (Lipinski definition) is 2. The highest BCUT2D eigenvalue weighted by Gasteiger charge is 2.31. The Morgan fingerprint density at radius 1 is 1.44 bits per heavy atom. The summed E-state index contributed by atoms with van der Waals surface area (Å²) in [6.07, 6.45) is 3.30. The number of nitro benzene ring substituents is 1. The lowest BCUT2D eigenvalue weighted by Gasteiger charge is -2.22. The van der Waals surface area contributed by atoms with Crippen LogP contribution in [0.25, 0.3) is 0 Å². The van der Waals surface area contributed by atoms with E-state index in [0.29, 0.717) is 12.8 Å². The molecular formula is C12H15FN2O3. The van der Waals surface area contributed by atoms with E-state index in [4.69, 9.17) is 0 Å². The summed E-state index contributed by atoms with van der Waals surface area (Å²) in [4.78, 5) is 10.2. The lowest BCUT2D eigenvalue weighted by Crippen LogP contribution is -2.33. The van der Waals surface area contributed by atoms with E-state index in [1.165, 1.54) is 6.07 Å². The lowest BCUT2D eigenvalue weighted by molar-refractivity contribution is -0.384. The molecule has 18 heavy (non-hydrogen) atoms. The minimum atomic E-state index is -0.803. The molecule has 0 bridgehead atoms. The molecule has 0 radical (unpaired) electrons. The van der Waals surface area contributed by atoms with Crippen molar-refractivity contribution in [2.24, 2.45) is 0 Å². The third-order valence-electron chi connectivity index (χ3n) is 3.30. The molecule has 1 aromatic carbocycles. The van der Waals surface area contributed by atoms with Crippen LogP contribution in [-0.4, -0.2) is 22.2 Å². The number of nitrogens with zero attached hydrogens (tertiary/aromatic N) is 1. The lowest BCUT2D eigenvalue weighted by atomic mass is 10.0. The Morgan fingerprint density at radius 2 is 2.11 bits per heavy atom. The molecule has 0 heterocycles. The molecular weight excluding hydrogens is 239 g/mol. The predicted molar refractivity (Wildman–Crippen MR) is 65.0 cm³/mol. The van der Waals surface area contributed by atoms with Gasteiger partial charge in [-0.05, 0) is 25.0 Å². The minimum Gasteiger partial charge on any atom is -0.388 e. The number of rotatable bonds is 4. The molecule has 1 saturated carbocycles. The maximum atomic E-state index is 12.9. The number of aliphatic hydroxyl groups is 1. The van der Waals surface area contributed by atoms with E-state index in [-0.39, 0.29) is 17.9 Å². The Bertz CT molecular complexity index is 459. The molecule has 0 unspecified atom stereocenters. The van der Waals surface area contributed by atoms with Crippen LogP contribution in [0.4, 0.5) is 15.8 Å². The number of nitro groups is 1. The molecule has 0 amide bonds. The van der Waals surface area contributed by atoms with Gasteiger partial charge in [0.1, 0.15) is 11.5 Å². The Kier molecular flexibility index (Phi) is 3.47. The first-order valence-electron chi connectivity index (χ1n) is 5.90. The van der Waals surface area contributed by atoms with Crippen LogP contribution in [0.15, 0.2) is 18.2 Å².